The molecule has 0 amide bonds. The number of hydrogen-bond acceptors (Lipinski definition) is 5. The lowest BCUT2D eigenvalue weighted by atomic mass is 10.0. The molecule has 0 spiro atoms. The number of anilines is 1. The SMILES string of the molecule is Cn1c(=O)cc(NC(C)(C)c2ncc(Br)cn2)c2cc([NH2+]O)ccc21. The number of aromatic nitrogens is 3. The van der Waals surface area contributed by atoms with Crippen LogP contribution >= 0.6 is 15.9 Å². The van der Waals surface area contributed by atoms with Crippen LogP contribution in [0.25, 0.3) is 10.9 Å². The number of nitrogens with zero attached hydrogens (tertiary/aromatic N) is 3. The van der Waals surface area contributed by atoms with Gasteiger partial charge in [-0.05, 0) is 35.8 Å². The van der Waals surface area contributed by atoms with Crippen molar-refractivity contribution in [2.45, 2.75) is 19.4 Å². The standard InChI is InChI=1S/C17H18BrN5O2/c1-17(2,16-19-8-10(18)9-20-16)21-13-7-15(24)23(3)14-5-4-11(22-25)6-12(13)14/h4-9,21-22,25H,1-3H3/p+1. The Labute approximate surface area is 152 Å². The van der Waals surface area contributed by atoms with Crippen molar-refractivity contribution in [2.24, 2.45) is 7.05 Å². The summed E-state index contributed by atoms with van der Waals surface area (Å²) in [5.74, 6) is 0.606. The fraction of sp³-hybridized carbons (Fsp3) is 0.235. The molecule has 0 unspecified atom stereocenters. The number of fused-ring (bicyclic) bond motifs is 1. The lowest BCUT2D eigenvalue weighted by Gasteiger charge is -2.27. The third-order valence-corrected chi connectivity index (χ3v) is 4.46. The van der Waals surface area contributed by atoms with Crippen LogP contribution in [0.2, 0.25) is 0 Å². The number of benzene rings is 1. The Hall–Kier alpha value is -2.29. The van der Waals surface area contributed by atoms with E-state index in [1.807, 2.05) is 26.0 Å². The molecule has 0 saturated heterocycles. The summed E-state index contributed by atoms with van der Waals surface area (Å²) in [6.07, 6.45) is 3.37. The van der Waals surface area contributed by atoms with Gasteiger partial charge >= 0.3 is 0 Å². The van der Waals surface area contributed by atoms with Gasteiger partial charge in [0.1, 0.15) is 0 Å². The number of hydrogen-bond donors (Lipinski definition) is 3. The number of halogens is 1. The van der Waals surface area contributed by atoms with E-state index in [4.69, 9.17) is 0 Å². The molecule has 0 fully saturated rings. The topological polar surface area (TPSA) is 96.7 Å². The summed E-state index contributed by atoms with van der Waals surface area (Å²) in [7, 11) is 1.72. The largest absolute Gasteiger partial charge is 0.372 e. The van der Waals surface area contributed by atoms with Crippen molar-refractivity contribution in [3.8, 4) is 0 Å². The van der Waals surface area contributed by atoms with Crippen molar-refractivity contribution in [1.29, 1.82) is 0 Å². The van der Waals surface area contributed by atoms with Crippen LogP contribution in [0.3, 0.4) is 0 Å². The summed E-state index contributed by atoms with van der Waals surface area (Å²) in [4.78, 5) is 21.0. The van der Waals surface area contributed by atoms with Gasteiger partial charge in [0.2, 0.25) is 0 Å². The molecule has 4 N–H and O–H groups in total. The fourth-order valence-electron chi connectivity index (χ4n) is 2.69. The lowest BCUT2D eigenvalue weighted by molar-refractivity contribution is -0.825. The highest BCUT2D eigenvalue weighted by Crippen LogP contribution is 2.29. The molecule has 8 heteroatoms. The first-order valence-corrected chi connectivity index (χ1v) is 8.48. The Bertz CT molecular complexity index is 983. The van der Waals surface area contributed by atoms with Crippen molar-refractivity contribution in [2.75, 3.05) is 5.32 Å². The van der Waals surface area contributed by atoms with Gasteiger partial charge in [-0.3, -0.25) is 4.79 Å². The second-order valence-corrected chi connectivity index (χ2v) is 7.25. The normalized spacial score (nSPS) is 11.7. The summed E-state index contributed by atoms with van der Waals surface area (Å²) in [6.45, 7) is 3.89. The third kappa shape index (κ3) is 3.41. The molecule has 3 rings (SSSR count). The molecule has 1 aromatic carbocycles. The number of nitrogens with two attached hydrogens (primary N) is 1. The Balaban J connectivity index is 2.13. The fourth-order valence-corrected chi connectivity index (χ4v) is 2.89. The molecular weight excluding hydrogens is 386 g/mol. The smallest absolute Gasteiger partial charge is 0.252 e. The second-order valence-electron chi connectivity index (χ2n) is 6.34. The van der Waals surface area contributed by atoms with E-state index < -0.39 is 5.54 Å². The van der Waals surface area contributed by atoms with E-state index in [0.29, 0.717) is 17.2 Å². The summed E-state index contributed by atoms with van der Waals surface area (Å²) in [6, 6.07) is 6.95. The Kier molecular flexibility index (Phi) is 4.59. The minimum absolute atomic E-state index is 0.122. The Morgan fingerprint density at radius 3 is 2.56 bits per heavy atom. The summed E-state index contributed by atoms with van der Waals surface area (Å²) < 4.78 is 2.37. The van der Waals surface area contributed by atoms with Gasteiger partial charge in [0.15, 0.2) is 11.5 Å². The van der Waals surface area contributed by atoms with E-state index in [0.717, 1.165) is 20.9 Å². The van der Waals surface area contributed by atoms with Crippen molar-refractivity contribution < 1.29 is 10.7 Å². The molecule has 0 saturated carbocycles. The van der Waals surface area contributed by atoms with Crippen LogP contribution in [0.5, 0.6) is 0 Å². The molecule has 0 bridgehead atoms. The van der Waals surface area contributed by atoms with Gasteiger partial charge < -0.3 is 9.88 Å². The molecule has 25 heavy (non-hydrogen) atoms. The van der Waals surface area contributed by atoms with Crippen LogP contribution in [0.1, 0.15) is 19.7 Å². The molecule has 2 aromatic heterocycles. The van der Waals surface area contributed by atoms with Crippen LogP contribution in [0.15, 0.2) is 45.9 Å². The number of aryl methyl sites for hydroxylation is 1. The maximum Gasteiger partial charge on any atom is 0.252 e. The molecule has 0 aliphatic heterocycles. The van der Waals surface area contributed by atoms with Gasteiger partial charge in [0.05, 0.1) is 15.5 Å². The first-order chi connectivity index (χ1) is 11.8. The van der Waals surface area contributed by atoms with Crippen molar-refractivity contribution in [1.82, 2.24) is 14.5 Å². The number of nitrogens with one attached hydrogen (secondary N) is 1. The van der Waals surface area contributed by atoms with Crippen LogP contribution in [-0.4, -0.2) is 19.7 Å². The molecule has 0 radical (unpaired) electrons. The average molecular weight is 405 g/mol. The average Bonchev–Trinajstić information content (AvgIpc) is 2.59. The van der Waals surface area contributed by atoms with Gasteiger partial charge in [0.25, 0.3) is 5.56 Å². The number of quaternary nitrogens is 1. The summed E-state index contributed by atoms with van der Waals surface area (Å²) in [5, 5.41) is 13.5. The first kappa shape index (κ1) is 17.5. The highest BCUT2D eigenvalue weighted by Gasteiger charge is 2.25. The molecule has 2 heterocycles. The van der Waals surface area contributed by atoms with Crippen molar-refractivity contribution in [3.05, 3.63) is 57.3 Å². The summed E-state index contributed by atoms with van der Waals surface area (Å²) in [5.41, 5.74) is 2.41. The minimum atomic E-state index is -0.598. The molecule has 3 aromatic rings. The van der Waals surface area contributed by atoms with Gasteiger partial charge in [0, 0.05) is 48.7 Å². The van der Waals surface area contributed by atoms with Crippen molar-refractivity contribution in [3.63, 3.8) is 0 Å². The molecule has 0 atom stereocenters. The van der Waals surface area contributed by atoms with E-state index in [2.05, 4.69) is 31.2 Å². The van der Waals surface area contributed by atoms with Gasteiger partial charge in [-0.2, -0.15) is 5.48 Å². The Morgan fingerprint density at radius 1 is 1.24 bits per heavy atom. The number of pyridine rings is 1. The van der Waals surface area contributed by atoms with E-state index in [-0.39, 0.29) is 5.56 Å². The maximum absolute atomic E-state index is 12.3. The maximum atomic E-state index is 12.3. The van der Waals surface area contributed by atoms with Gasteiger partial charge in [-0.1, -0.05) is 0 Å². The van der Waals surface area contributed by atoms with Crippen LogP contribution in [0, 0.1) is 0 Å². The quantitative estimate of drug-likeness (QED) is 0.456. The minimum Gasteiger partial charge on any atom is -0.372 e. The Morgan fingerprint density at radius 2 is 1.92 bits per heavy atom. The van der Waals surface area contributed by atoms with Gasteiger partial charge in [-0.25, -0.2) is 15.2 Å². The molecule has 0 aliphatic rings. The molecule has 130 valence electrons. The molecule has 7 nitrogen and oxygen atoms in total. The predicted octanol–water partition coefficient (Wildman–Crippen LogP) is 2.02. The second kappa shape index (κ2) is 6.55. The van der Waals surface area contributed by atoms with Crippen LogP contribution in [-0.2, 0) is 12.6 Å². The van der Waals surface area contributed by atoms with Crippen LogP contribution in [0.4, 0.5) is 11.4 Å². The zero-order valence-corrected chi connectivity index (χ0v) is 15.7. The first-order valence-electron chi connectivity index (χ1n) is 7.69. The number of rotatable bonds is 4. The zero-order valence-electron chi connectivity index (χ0n) is 14.1. The third-order valence-electron chi connectivity index (χ3n) is 4.05. The van der Waals surface area contributed by atoms with E-state index in [1.54, 1.807) is 36.1 Å². The predicted molar refractivity (Wildman–Crippen MR) is 98.9 cm³/mol. The highest BCUT2D eigenvalue weighted by atomic mass is 79.9. The monoisotopic (exact) mass is 404 g/mol. The van der Waals surface area contributed by atoms with E-state index in [1.165, 1.54) is 0 Å². The van der Waals surface area contributed by atoms with Gasteiger partial charge in [-0.15, -0.1) is 0 Å². The molecular formula is C17H19BrN5O2+. The summed E-state index contributed by atoms with van der Waals surface area (Å²) >= 11 is 3.33. The van der Waals surface area contributed by atoms with Crippen molar-refractivity contribution >= 4 is 38.2 Å². The lowest BCUT2D eigenvalue weighted by Crippen LogP contribution is -2.73. The van der Waals surface area contributed by atoms with E-state index >= 15 is 0 Å². The highest BCUT2D eigenvalue weighted by molar-refractivity contribution is 9.10. The molecule has 0 aliphatic carbocycles. The van der Waals surface area contributed by atoms with E-state index in [9.17, 15) is 10.0 Å². The van der Waals surface area contributed by atoms with Crippen LogP contribution < -0.4 is 16.4 Å². The zero-order chi connectivity index (χ0) is 18.2.